The highest BCUT2D eigenvalue weighted by molar-refractivity contribution is 7.10. The normalized spacial score (nSPS) is 19.6. The Hall–Kier alpha value is -3.71. The van der Waals surface area contributed by atoms with Crippen LogP contribution in [0.1, 0.15) is 40.8 Å². The van der Waals surface area contributed by atoms with Gasteiger partial charge in [0.15, 0.2) is 5.78 Å². The first-order valence-electron chi connectivity index (χ1n) is 11.0. The number of carbonyl (C=O) groups is 1. The minimum Gasteiger partial charge on any atom is -0.489 e. The van der Waals surface area contributed by atoms with Crippen LogP contribution in [-0.4, -0.2) is 20.5 Å². The number of anilines is 1. The molecule has 0 spiro atoms. The van der Waals surface area contributed by atoms with Gasteiger partial charge in [-0.25, -0.2) is 4.68 Å². The van der Waals surface area contributed by atoms with Gasteiger partial charge in [-0.2, -0.15) is 10.1 Å². The van der Waals surface area contributed by atoms with Gasteiger partial charge >= 0.3 is 0 Å². The fraction of sp³-hybridized carbons (Fsp3) is 0.192. The van der Waals surface area contributed by atoms with Crippen molar-refractivity contribution in [2.24, 2.45) is 0 Å². The van der Waals surface area contributed by atoms with Gasteiger partial charge in [-0.1, -0.05) is 48.5 Å². The minimum absolute atomic E-state index is 0.156. The molecular weight excluding hydrogens is 432 g/mol. The van der Waals surface area contributed by atoms with Crippen LogP contribution in [-0.2, 0) is 11.4 Å². The first kappa shape index (κ1) is 19.9. The van der Waals surface area contributed by atoms with Crippen LogP contribution in [0.5, 0.6) is 5.75 Å². The number of ketones is 1. The lowest BCUT2D eigenvalue weighted by molar-refractivity contribution is -0.116. The number of carbonyl (C=O) groups excluding carboxylic acids is 1. The Labute approximate surface area is 195 Å². The Balaban J connectivity index is 1.35. The predicted octanol–water partition coefficient (Wildman–Crippen LogP) is 5.33. The maximum absolute atomic E-state index is 13.5. The maximum atomic E-state index is 13.5. The topological polar surface area (TPSA) is 69.0 Å². The molecule has 0 bridgehead atoms. The van der Waals surface area contributed by atoms with Gasteiger partial charge in [0, 0.05) is 28.5 Å². The third kappa shape index (κ3) is 3.74. The van der Waals surface area contributed by atoms with Gasteiger partial charge in [0.25, 0.3) is 0 Å². The van der Waals surface area contributed by atoms with E-state index < -0.39 is 0 Å². The van der Waals surface area contributed by atoms with Crippen LogP contribution < -0.4 is 10.1 Å². The number of fused-ring (bicyclic) bond motifs is 1. The van der Waals surface area contributed by atoms with E-state index in [2.05, 4.69) is 26.8 Å². The molecule has 1 aliphatic carbocycles. The molecule has 2 atom stereocenters. The molecule has 2 aromatic heterocycles. The molecule has 33 heavy (non-hydrogen) atoms. The summed E-state index contributed by atoms with van der Waals surface area (Å²) in [6.07, 6.45) is 2.83. The van der Waals surface area contributed by atoms with Gasteiger partial charge in [0.2, 0.25) is 5.95 Å². The van der Waals surface area contributed by atoms with E-state index in [1.807, 2.05) is 60.7 Å². The van der Waals surface area contributed by atoms with Crippen molar-refractivity contribution in [2.45, 2.75) is 31.4 Å². The summed E-state index contributed by atoms with van der Waals surface area (Å²) in [5.74, 6) is 1.77. The summed E-state index contributed by atoms with van der Waals surface area (Å²) in [4.78, 5) is 19.1. The van der Waals surface area contributed by atoms with E-state index in [-0.39, 0.29) is 17.7 Å². The number of allylic oxidation sites excluding steroid dienone is 2. The first-order chi connectivity index (χ1) is 16.3. The third-order valence-corrected chi connectivity index (χ3v) is 7.26. The van der Waals surface area contributed by atoms with Gasteiger partial charge < -0.3 is 10.1 Å². The molecule has 3 heterocycles. The lowest BCUT2D eigenvalue weighted by Crippen LogP contribution is -2.33. The van der Waals surface area contributed by atoms with Crippen molar-refractivity contribution >= 4 is 23.1 Å². The summed E-state index contributed by atoms with van der Waals surface area (Å²) in [5.41, 5.74) is 3.80. The molecule has 2 aliphatic rings. The SMILES string of the molecule is O=C1CC(c2cccs2)CC2=C1C(c1cccc(OCc3ccccc3)c1)n1ncnc1N2. The second-order valence-corrected chi connectivity index (χ2v) is 9.32. The molecule has 4 aromatic rings. The molecule has 6 rings (SSSR count). The summed E-state index contributed by atoms with van der Waals surface area (Å²) < 4.78 is 7.87. The fourth-order valence-corrected chi connectivity index (χ4v) is 5.53. The monoisotopic (exact) mass is 454 g/mol. The van der Waals surface area contributed by atoms with Crippen molar-refractivity contribution in [3.05, 3.63) is 106 Å². The molecule has 0 saturated heterocycles. The average Bonchev–Trinajstić information content (AvgIpc) is 3.54. The number of nitrogens with zero attached hydrogens (tertiary/aromatic N) is 3. The van der Waals surface area contributed by atoms with Crippen molar-refractivity contribution in [2.75, 3.05) is 5.32 Å². The van der Waals surface area contributed by atoms with Crippen molar-refractivity contribution < 1.29 is 9.53 Å². The number of ether oxygens (including phenoxy) is 1. The van der Waals surface area contributed by atoms with Gasteiger partial charge in [0.05, 0.1) is 0 Å². The number of hydrogen-bond acceptors (Lipinski definition) is 6. The average molecular weight is 455 g/mol. The Kier molecular flexibility index (Phi) is 5.03. The van der Waals surface area contributed by atoms with E-state index in [0.29, 0.717) is 19.0 Å². The quantitative estimate of drug-likeness (QED) is 0.441. The van der Waals surface area contributed by atoms with E-state index in [4.69, 9.17) is 4.74 Å². The number of nitrogens with one attached hydrogen (secondary N) is 1. The van der Waals surface area contributed by atoms with E-state index in [0.717, 1.165) is 34.6 Å². The number of Topliss-reactive ketones (excluding diaryl/α,β-unsaturated/α-hetero) is 1. The lowest BCUT2D eigenvalue weighted by Gasteiger charge is -2.34. The highest BCUT2D eigenvalue weighted by Crippen LogP contribution is 2.44. The highest BCUT2D eigenvalue weighted by Gasteiger charge is 2.39. The maximum Gasteiger partial charge on any atom is 0.226 e. The predicted molar refractivity (Wildman–Crippen MR) is 127 cm³/mol. The van der Waals surface area contributed by atoms with E-state index >= 15 is 0 Å². The Bertz CT molecular complexity index is 1330. The molecule has 6 nitrogen and oxygen atoms in total. The third-order valence-electron chi connectivity index (χ3n) is 6.23. The highest BCUT2D eigenvalue weighted by atomic mass is 32.1. The minimum atomic E-state index is -0.323. The molecule has 0 fully saturated rings. The summed E-state index contributed by atoms with van der Waals surface area (Å²) in [7, 11) is 0. The van der Waals surface area contributed by atoms with Crippen LogP contribution in [0.15, 0.2) is 89.7 Å². The van der Waals surface area contributed by atoms with Crippen LogP contribution in [0.25, 0.3) is 0 Å². The Morgan fingerprint density at radius 3 is 2.82 bits per heavy atom. The summed E-state index contributed by atoms with van der Waals surface area (Å²) in [6, 6.07) is 21.9. The summed E-state index contributed by atoms with van der Waals surface area (Å²) >= 11 is 1.71. The van der Waals surface area contributed by atoms with Crippen LogP contribution in [0.3, 0.4) is 0 Å². The van der Waals surface area contributed by atoms with E-state index in [1.54, 1.807) is 16.0 Å². The largest absolute Gasteiger partial charge is 0.489 e. The Morgan fingerprint density at radius 2 is 1.97 bits per heavy atom. The fourth-order valence-electron chi connectivity index (χ4n) is 4.70. The van der Waals surface area contributed by atoms with Crippen LogP contribution >= 0.6 is 11.3 Å². The van der Waals surface area contributed by atoms with E-state index in [1.165, 1.54) is 11.2 Å². The zero-order valence-corrected chi connectivity index (χ0v) is 18.7. The van der Waals surface area contributed by atoms with Crippen molar-refractivity contribution in [1.29, 1.82) is 0 Å². The van der Waals surface area contributed by atoms with Crippen LogP contribution in [0.4, 0.5) is 5.95 Å². The number of benzene rings is 2. The smallest absolute Gasteiger partial charge is 0.226 e. The van der Waals surface area contributed by atoms with Crippen molar-refractivity contribution in [3.63, 3.8) is 0 Å². The molecule has 7 heteroatoms. The molecular formula is C26H22N4O2S. The number of aromatic nitrogens is 3. The number of hydrogen-bond donors (Lipinski definition) is 1. The first-order valence-corrected chi connectivity index (χ1v) is 11.9. The Morgan fingerprint density at radius 1 is 1.06 bits per heavy atom. The standard InChI is InChI=1S/C26H22N4O2S/c31-22-14-19(23-10-5-11-33-23)13-21-24(22)25(30-26(29-21)27-16-28-30)18-8-4-9-20(12-18)32-15-17-6-2-1-3-7-17/h1-12,16,19,25H,13-15H2,(H,27,28,29). The molecule has 2 aromatic carbocycles. The van der Waals surface area contributed by atoms with Crippen molar-refractivity contribution in [1.82, 2.24) is 14.8 Å². The lowest BCUT2D eigenvalue weighted by atomic mass is 9.80. The zero-order valence-electron chi connectivity index (χ0n) is 17.8. The molecule has 0 amide bonds. The zero-order chi connectivity index (χ0) is 22.2. The van der Waals surface area contributed by atoms with Crippen LogP contribution in [0, 0.1) is 0 Å². The van der Waals surface area contributed by atoms with Gasteiger partial charge in [-0.05, 0) is 41.1 Å². The molecule has 0 radical (unpaired) electrons. The molecule has 1 N–H and O–H groups in total. The van der Waals surface area contributed by atoms with Gasteiger partial charge in [-0.3, -0.25) is 4.79 Å². The second-order valence-electron chi connectivity index (χ2n) is 8.34. The number of rotatable bonds is 5. The van der Waals surface area contributed by atoms with Crippen molar-refractivity contribution in [3.8, 4) is 5.75 Å². The molecule has 164 valence electrons. The number of thiophene rings is 1. The van der Waals surface area contributed by atoms with E-state index in [9.17, 15) is 4.79 Å². The summed E-state index contributed by atoms with van der Waals surface area (Å²) in [6.45, 7) is 0.487. The summed E-state index contributed by atoms with van der Waals surface area (Å²) in [5, 5.41) is 9.90. The molecule has 0 saturated carbocycles. The molecule has 1 aliphatic heterocycles. The van der Waals surface area contributed by atoms with Gasteiger partial charge in [0.1, 0.15) is 24.7 Å². The van der Waals surface area contributed by atoms with Gasteiger partial charge in [-0.15, -0.1) is 11.3 Å². The second kappa shape index (κ2) is 8.33. The van der Waals surface area contributed by atoms with Crippen LogP contribution in [0.2, 0.25) is 0 Å². The molecule has 2 unspecified atom stereocenters.